The molecule has 2 heterocycles. The summed E-state index contributed by atoms with van der Waals surface area (Å²) in [5.41, 5.74) is -0.0974. The third-order valence-electron chi connectivity index (χ3n) is 4.82. The third-order valence-corrected chi connectivity index (χ3v) is 6.50. The van der Waals surface area contributed by atoms with Crippen molar-refractivity contribution in [3.63, 3.8) is 0 Å². The maximum Gasteiger partial charge on any atom is 0.269 e. The van der Waals surface area contributed by atoms with E-state index in [1.165, 1.54) is 59.1 Å². The molecule has 0 bridgehead atoms. The minimum absolute atomic E-state index is 0.112. The van der Waals surface area contributed by atoms with E-state index in [1.807, 2.05) is 0 Å². The molecule has 0 saturated heterocycles. The van der Waals surface area contributed by atoms with Gasteiger partial charge in [-0.25, -0.2) is 12.8 Å². The predicted molar refractivity (Wildman–Crippen MR) is 120 cm³/mol. The van der Waals surface area contributed by atoms with E-state index in [9.17, 15) is 22.9 Å². The molecule has 0 radical (unpaired) electrons. The van der Waals surface area contributed by atoms with Gasteiger partial charge in [-0.2, -0.15) is 10.2 Å². The molecular formula is C24H16FN3O4S. The lowest BCUT2D eigenvalue weighted by Crippen LogP contribution is -2.20. The van der Waals surface area contributed by atoms with Crippen molar-refractivity contribution in [3.05, 3.63) is 105 Å². The molecule has 33 heavy (non-hydrogen) atoms. The highest BCUT2D eigenvalue weighted by Gasteiger charge is 2.24. The summed E-state index contributed by atoms with van der Waals surface area (Å²) >= 11 is 0. The zero-order valence-corrected chi connectivity index (χ0v) is 18.1. The van der Waals surface area contributed by atoms with Gasteiger partial charge in [0.25, 0.3) is 5.56 Å². The van der Waals surface area contributed by atoms with Gasteiger partial charge in [0, 0.05) is 6.20 Å². The molecule has 164 valence electrons. The topological polar surface area (TPSA) is 102 Å². The van der Waals surface area contributed by atoms with Crippen LogP contribution in [0, 0.1) is 24.1 Å². The van der Waals surface area contributed by atoms with Crippen molar-refractivity contribution >= 4 is 21.6 Å². The molecule has 0 atom stereocenters. The molecule has 0 amide bonds. The van der Waals surface area contributed by atoms with E-state index >= 15 is 0 Å². The number of sulfone groups is 1. The minimum atomic E-state index is -4.23. The standard InChI is InChI=1S/C24H16FN3O4S/c1-16-8-7-13-28-22(16)27-23(32-21-12-6-5-11-20(21)25)19(24(28)29)14-18(15-26)33(30,31)17-9-3-2-4-10-17/h2-14H,1H3/b18-14-. The van der Waals surface area contributed by atoms with Gasteiger partial charge in [0.15, 0.2) is 11.6 Å². The van der Waals surface area contributed by atoms with E-state index in [0.717, 1.165) is 6.08 Å². The van der Waals surface area contributed by atoms with Crippen LogP contribution in [0.25, 0.3) is 11.7 Å². The quantitative estimate of drug-likeness (QED) is 0.411. The maximum atomic E-state index is 14.2. The van der Waals surface area contributed by atoms with E-state index in [-0.39, 0.29) is 27.7 Å². The molecule has 0 aliphatic rings. The minimum Gasteiger partial charge on any atom is -0.435 e. The second kappa shape index (κ2) is 8.68. The number of hydrogen-bond acceptors (Lipinski definition) is 6. The van der Waals surface area contributed by atoms with Crippen LogP contribution in [0.4, 0.5) is 4.39 Å². The fourth-order valence-corrected chi connectivity index (χ4v) is 4.32. The van der Waals surface area contributed by atoms with Crippen molar-refractivity contribution in [3.8, 4) is 17.7 Å². The molecule has 0 N–H and O–H groups in total. The smallest absolute Gasteiger partial charge is 0.269 e. The highest BCUT2D eigenvalue weighted by Crippen LogP contribution is 2.28. The van der Waals surface area contributed by atoms with Gasteiger partial charge >= 0.3 is 0 Å². The fraction of sp³-hybridized carbons (Fsp3) is 0.0417. The van der Waals surface area contributed by atoms with Gasteiger partial charge in [0.1, 0.15) is 22.2 Å². The lowest BCUT2D eigenvalue weighted by atomic mass is 10.2. The molecule has 0 spiro atoms. The molecule has 7 nitrogen and oxygen atoms in total. The van der Waals surface area contributed by atoms with Crippen molar-refractivity contribution in [2.45, 2.75) is 11.8 Å². The Morgan fingerprint density at radius 1 is 1.09 bits per heavy atom. The van der Waals surface area contributed by atoms with Crippen LogP contribution in [-0.2, 0) is 9.84 Å². The Morgan fingerprint density at radius 2 is 1.79 bits per heavy atom. The lowest BCUT2D eigenvalue weighted by Gasteiger charge is -2.12. The first-order chi connectivity index (χ1) is 15.8. The molecular weight excluding hydrogens is 445 g/mol. The van der Waals surface area contributed by atoms with Gasteiger partial charge in [-0.1, -0.05) is 36.4 Å². The van der Waals surface area contributed by atoms with Gasteiger partial charge in [0.2, 0.25) is 15.7 Å². The molecule has 0 aliphatic carbocycles. The fourth-order valence-electron chi connectivity index (χ4n) is 3.15. The number of para-hydroxylation sites is 1. The second-order valence-electron chi connectivity index (χ2n) is 6.99. The summed E-state index contributed by atoms with van der Waals surface area (Å²) in [7, 11) is -4.23. The molecule has 0 unspecified atom stereocenters. The first-order valence-corrected chi connectivity index (χ1v) is 11.2. The Morgan fingerprint density at radius 3 is 2.48 bits per heavy atom. The highest BCUT2D eigenvalue weighted by atomic mass is 32.2. The average Bonchev–Trinajstić information content (AvgIpc) is 2.81. The van der Waals surface area contributed by atoms with Gasteiger partial charge in [-0.15, -0.1) is 0 Å². The number of fused-ring (bicyclic) bond motifs is 1. The Kier molecular flexibility index (Phi) is 5.77. The van der Waals surface area contributed by atoms with Crippen LogP contribution >= 0.6 is 0 Å². The zero-order chi connectivity index (χ0) is 23.6. The molecule has 2 aromatic heterocycles. The number of rotatable bonds is 5. The largest absolute Gasteiger partial charge is 0.435 e. The SMILES string of the molecule is Cc1cccn2c(=O)c(/C=C(/C#N)S(=O)(=O)c3ccccc3)c(Oc3ccccc3F)nc12. The molecule has 0 saturated carbocycles. The number of ether oxygens (including phenoxy) is 1. The summed E-state index contributed by atoms with van der Waals surface area (Å²) in [6, 6.07) is 17.9. The van der Waals surface area contributed by atoms with Crippen LogP contribution < -0.4 is 10.3 Å². The zero-order valence-electron chi connectivity index (χ0n) is 17.3. The van der Waals surface area contributed by atoms with E-state index in [0.29, 0.717) is 5.56 Å². The van der Waals surface area contributed by atoms with Gasteiger partial charge in [-0.05, 0) is 48.9 Å². The summed E-state index contributed by atoms with van der Waals surface area (Å²) in [6.07, 6.45) is 2.36. The summed E-state index contributed by atoms with van der Waals surface area (Å²) in [5.74, 6) is -1.23. The first kappa shape index (κ1) is 21.9. The second-order valence-corrected chi connectivity index (χ2v) is 8.91. The lowest BCUT2D eigenvalue weighted by molar-refractivity contribution is 0.426. The number of benzene rings is 2. The summed E-state index contributed by atoms with van der Waals surface area (Å²) < 4.78 is 47.0. The van der Waals surface area contributed by atoms with Crippen LogP contribution in [0.5, 0.6) is 11.6 Å². The maximum absolute atomic E-state index is 14.2. The van der Waals surface area contributed by atoms with Crippen molar-refractivity contribution in [2.24, 2.45) is 0 Å². The molecule has 9 heteroatoms. The van der Waals surface area contributed by atoms with Gasteiger partial charge in [-0.3, -0.25) is 9.20 Å². The van der Waals surface area contributed by atoms with Crippen LogP contribution in [0.1, 0.15) is 11.1 Å². The van der Waals surface area contributed by atoms with Crippen LogP contribution in [0.2, 0.25) is 0 Å². The molecule has 4 rings (SSSR count). The monoisotopic (exact) mass is 461 g/mol. The summed E-state index contributed by atoms with van der Waals surface area (Å²) in [5, 5.41) is 9.63. The number of nitriles is 1. The number of allylic oxidation sites excluding steroid dienone is 1. The Labute approximate surface area is 188 Å². The molecule has 0 fully saturated rings. The molecule has 0 aliphatic heterocycles. The van der Waals surface area contributed by atoms with Gasteiger partial charge < -0.3 is 4.74 Å². The molecule has 4 aromatic rings. The van der Waals surface area contributed by atoms with Crippen LogP contribution in [0.15, 0.2) is 87.5 Å². The Balaban J connectivity index is 1.99. The normalized spacial score (nSPS) is 11.8. The number of aryl methyl sites for hydroxylation is 1. The first-order valence-electron chi connectivity index (χ1n) is 9.69. The third kappa shape index (κ3) is 4.12. The van der Waals surface area contributed by atoms with E-state index in [2.05, 4.69) is 4.98 Å². The number of nitrogens with zero attached hydrogens (tertiary/aromatic N) is 3. The summed E-state index contributed by atoms with van der Waals surface area (Å²) in [6.45, 7) is 1.73. The van der Waals surface area contributed by atoms with Gasteiger partial charge in [0.05, 0.1) is 4.90 Å². The van der Waals surface area contributed by atoms with E-state index < -0.39 is 26.1 Å². The number of aromatic nitrogens is 2. The highest BCUT2D eigenvalue weighted by molar-refractivity contribution is 7.95. The van der Waals surface area contributed by atoms with E-state index in [1.54, 1.807) is 31.2 Å². The summed E-state index contributed by atoms with van der Waals surface area (Å²) in [4.78, 5) is 16.8. The van der Waals surface area contributed by atoms with Crippen molar-refractivity contribution in [1.29, 1.82) is 5.26 Å². The number of hydrogen-bond donors (Lipinski definition) is 0. The Hall–Kier alpha value is -4.29. The van der Waals surface area contributed by atoms with Crippen molar-refractivity contribution in [1.82, 2.24) is 9.38 Å². The molecule has 2 aromatic carbocycles. The Bertz CT molecular complexity index is 1600. The predicted octanol–water partition coefficient (Wildman–Crippen LogP) is 4.27. The average molecular weight is 461 g/mol. The van der Waals surface area contributed by atoms with Crippen LogP contribution in [0.3, 0.4) is 0 Å². The number of pyridine rings is 1. The number of halogens is 1. The van der Waals surface area contributed by atoms with Crippen LogP contribution in [-0.4, -0.2) is 17.8 Å². The van der Waals surface area contributed by atoms with Crippen molar-refractivity contribution in [2.75, 3.05) is 0 Å². The van der Waals surface area contributed by atoms with E-state index in [4.69, 9.17) is 4.74 Å². The van der Waals surface area contributed by atoms with Crippen molar-refractivity contribution < 1.29 is 17.5 Å².